The largest absolute Gasteiger partial charge is 0.497 e. The maximum Gasteiger partial charge on any atom is 0.303 e. The number of likely N-dealkylation sites (tertiary alicyclic amines) is 1. The van der Waals surface area contributed by atoms with E-state index >= 15 is 4.39 Å². The molecular weight excluding hydrogens is 528 g/mol. The molecule has 212 valence electrons. The molecule has 4 rings (SSSR count). The summed E-state index contributed by atoms with van der Waals surface area (Å²) in [7, 11) is 1.50. The number of benzene rings is 2. The van der Waals surface area contributed by atoms with Crippen molar-refractivity contribution in [1.29, 1.82) is 0 Å². The molecule has 1 aromatic heterocycles. The SMILES string of the molecule is COc1ccc2ncc(CO)c([C@@H](F)CCC3(CC(=O)O)CCN(CC#Cc4cc(F)cc(F)c4F)CC3)c2c1. The van der Waals surface area contributed by atoms with E-state index in [0.29, 0.717) is 66.2 Å². The van der Waals surface area contributed by atoms with Gasteiger partial charge in [0, 0.05) is 28.8 Å². The minimum absolute atomic E-state index is 0.0564. The summed E-state index contributed by atoms with van der Waals surface area (Å²) in [4.78, 5) is 18.0. The van der Waals surface area contributed by atoms with Gasteiger partial charge in [-0.1, -0.05) is 11.8 Å². The number of carbonyl (C=O) groups is 1. The van der Waals surface area contributed by atoms with Crippen LogP contribution in [0.15, 0.2) is 36.5 Å². The van der Waals surface area contributed by atoms with Gasteiger partial charge in [0.2, 0.25) is 0 Å². The van der Waals surface area contributed by atoms with E-state index in [-0.39, 0.29) is 24.9 Å². The number of hydrogen-bond acceptors (Lipinski definition) is 5. The topological polar surface area (TPSA) is 82.9 Å². The highest BCUT2D eigenvalue weighted by molar-refractivity contribution is 5.85. The highest BCUT2D eigenvalue weighted by Gasteiger charge is 2.37. The van der Waals surface area contributed by atoms with E-state index in [0.717, 1.165) is 6.07 Å². The fourth-order valence-corrected chi connectivity index (χ4v) is 5.35. The van der Waals surface area contributed by atoms with Crippen molar-refractivity contribution in [3.05, 3.63) is 70.7 Å². The zero-order valence-corrected chi connectivity index (χ0v) is 22.0. The van der Waals surface area contributed by atoms with E-state index in [9.17, 15) is 28.2 Å². The second kappa shape index (κ2) is 12.7. The lowest BCUT2D eigenvalue weighted by Gasteiger charge is -2.41. The van der Waals surface area contributed by atoms with Crippen LogP contribution in [0.25, 0.3) is 10.9 Å². The summed E-state index contributed by atoms with van der Waals surface area (Å²) in [5.41, 5.74) is 0.241. The molecule has 1 fully saturated rings. The maximum absolute atomic E-state index is 15.9. The maximum atomic E-state index is 15.9. The molecule has 6 nitrogen and oxygen atoms in total. The van der Waals surface area contributed by atoms with Crippen LogP contribution in [-0.4, -0.2) is 52.8 Å². The number of aromatic nitrogens is 1. The van der Waals surface area contributed by atoms with Gasteiger partial charge in [0.15, 0.2) is 11.6 Å². The molecule has 0 amide bonds. The molecule has 0 radical (unpaired) electrons. The van der Waals surface area contributed by atoms with Crippen molar-refractivity contribution in [3.8, 4) is 17.6 Å². The Balaban J connectivity index is 1.46. The third-order valence-electron chi connectivity index (χ3n) is 7.57. The summed E-state index contributed by atoms with van der Waals surface area (Å²) in [6.45, 7) is 0.780. The first-order valence-electron chi connectivity index (χ1n) is 12.9. The minimum Gasteiger partial charge on any atom is -0.497 e. The zero-order chi connectivity index (χ0) is 28.9. The van der Waals surface area contributed by atoms with Gasteiger partial charge in [-0.05, 0) is 68.5 Å². The monoisotopic (exact) mass is 558 g/mol. The van der Waals surface area contributed by atoms with Gasteiger partial charge in [-0.15, -0.1) is 0 Å². The van der Waals surface area contributed by atoms with Crippen LogP contribution in [0.1, 0.15) is 55.0 Å². The van der Waals surface area contributed by atoms with Crippen LogP contribution >= 0.6 is 0 Å². The third kappa shape index (κ3) is 6.72. The van der Waals surface area contributed by atoms with Gasteiger partial charge in [0.1, 0.15) is 17.7 Å². The van der Waals surface area contributed by atoms with Crippen molar-refractivity contribution in [3.63, 3.8) is 0 Å². The Labute approximate surface area is 229 Å². The van der Waals surface area contributed by atoms with E-state index in [4.69, 9.17) is 4.74 Å². The van der Waals surface area contributed by atoms with Crippen molar-refractivity contribution >= 4 is 16.9 Å². The number of aliphatic carboxylic acids is 1. The molecule has 0 bridgehead atoms. The number of aliphatic hydroxyl groups is 1. The molecule has 40 heavy (non-hydrogen) atoms. The number of rotatable bonds is 9. The quantitative estimate of drug-likeness (QED) is 0.204. The van der Waals surface area contributed by atoms with Crippen molar-refractivity contribution in [1.82, 2.24) is 9.88 Å². The zero-order valence-electron chi connectivity index (χ0n) is 22.0. The summed E-state index contributed by atoms with van der Waals surface area (Å²) in [5.74, 6) is 1.31. The fourth-order valence-electron chi connectivity index (χ4n) is 5.35. The Bertz CT molecular complexity index is 1440. The van der Waals surface area contributed by atoms with Gasteiger partial charge in [-0.25, -0.2) is 17.6 Å². The normalized spacial score (nSPS) is 15.8. The first-order valence-corrected chi connectivity index (χ1v) is 12.9. The number of ether oxygens (including phenoxy) is 1. The molecule has 1 saturated heterocycles. The Morgan fingerprint density at radius 1 is 1.20 bits per heavy atom. The molecule has 0 saturated carbocycles. The smallest absolute Gasteiger partial charge is 0.303 e. The Morgan fingerprint density at radius 2 is 1.95 bits per heavy atom. The van der Waals surface area contributed by atoms with Gasteiger partial charge in [-0.2, -0.15) is 0 Å². The van der Waals surface area contributed by atoms with Crippen LogP contribution in [0.3, 0.4) is 0 Å². The van der Waals surface area contributed by atoms with Crippen LogP contribution in [0, 0.1) is 34.7 Å². The van der Waals surface area contributed by atoms with Crippen molar-refractivity contribution in [2.24, 2.45) is 5.41 Å². The van der Waals surface area contributed by atoms with Crippen molar-refractivity contribution < 1.29 is 37.3 Å². The van der Waals surface area contributed by atoms with Gasteiger partial charge >= 0.3 is 5.97 Å². The summed E-state index contributed by atoms with van der Waals surface area (Å²) < 4.78 is 61.8. The van der Waals surface area contributed by atoms with Gasteiger partial charge in [-0.3, -0.25) is 14.7 Å². The standard InChI is InChI=1S/C30H30F4N2O4/c1-40-22-4-5-26-23(15-22)28(20(18-37)17-35-26)24(32)6-7-30(16-27(38)39)8-11-36(12-9-30)10-2-3-19-13-21(31)14-25(33)29(19)34/h4-5,13-15,17,24,37H,6-12,16,18H2,1H3,(H,38,39)/t24-/m0/s1. The highest BCUT2D eigenvalue weighted by Crippen LogP contribution is 2.43. The molecule has 2 N–H and O–H groups in total. The van der Waals surface area contributed by atoms with E-state index in [1.165, 1.54) is 13.3 Å². The molecule has 2 aromatic carbocycles. The van der Waals surface area contributed by atoms with Crippen molar-refractivity contribution in [2.45, 2.75) is 44.9 Å². The Hall–Kier alpha value is -3.68. The van der Waals surface area contributed by atoms with Crippen LogP contribution in [0.2, 0.25) is 0 Å². The average molecular weight is 559 g/mol. The third-order valence-corrected chi connectivity index (χ3v) is 7.57. The van der Waals surface area contributed by atoms with Crippen molar-refractivity contribution in [2.75, 3.05) is 26.7 Å². The number of nitrogens with zero attached hydrogens (tertiary/aromatic N) is 2. The number of pyridine rings is 1. The van der Waals surface area contributed by atoms with Gasteiger partial charge in [0.25, 0.3) is 0 Å². The molecule has 0 aliphatic carbocycles. The number of carboxylic acid groups (broad SMARTS) is 1. The Morgan fingerprint density at radius 3 is 2.62 bits per heavy atom. The minimum atomic E-state index is -1.46. The molecule has 1 aliphatic rings. The average Bonchev–Trinajstić information content (AvgIpc) is 2.94. The molecule has 1 atom stereocenters. The Kier molecular flexibility index (Phi) is 9.28. The molecule has 3 aromatic rings. The summed E-state index contributed by atoms with van der Waals surface area (Å²) in [5, 5.41) is 20.0. The summed E-state index contributed by atoms with van der Waals surface area (Å²) in [6.07, 6.45) is 1.20. The predicted molar refractivity (Wildman–Crippen MR) is 141 cm³/mol. The van der Waals surface area contributed by atoms with Gasteiger partial charge < -0.3 is 14.9 Å². The van der Waals surface area contributed by atoms with Crippen LogP contribution < -0.4 is 4.74 Å². The second-order valence-electron chi connectivity index (χ2n) is 10.1. The number of carboxylic acids is 1. The first kappa shape index (κ1) is 29.3. The van der Waals surface area contributed by atoms with Crippen LogP contribution in [0.5, 0.6) is 5.75 Å². The molecule has 2 heterocycles. The fraction of sp³-hybridized carbons (Fsp3) is 0.400. The number of aliphatic hydroxyl groups excluding tert-OH is 1. The summed E-state index contributed by atoms with van der Waals surface area (Å²) >= 11 is 0. The molecular formula is C30H30F4N2O4. The van der Waals surface area contributed by atoms with E-state index in [1.807, 2.05) is 4.90 Å². The predicted octanol–water partition coefficient (Wildman–Crippen LogP) is 5.55. The number of methoxy groups -OCH3 is 1. The van der Waals surface area contributed by atoms with Gasteiger partial charge in [0.05, 0.1) is 37.8 Å². The summed E-state index contributed by atoms with van der Waals surface area (Å²) in [6, 6.07) is 6.40. The molecule has 10 heteroatoms. The molecule has 0 unspecified atom stereocenters. The highest BCUT2D eigenvalue weighted by atomic mass is 19.2. The number of halogens is 4. The lowest BCUT2D eigenvalue weighted by atomic mass is 9.71. The second-order valence-corrected chi connectivity index (χ2v) is 10.1. The first-order chi connectivity index (χ1) is 19.1. The number of alkyl halides is 1. The number of fused-ring (bicyclic) bond motifs is 1. The van der Waals surface area contributed by atoms with Crippen LogP contribution in [0.4, 0.5) is 17.6 Å². The number of piperidine rings is 1. The lowest BCUT2D eigenvalue weighted by Crippen LogP contribution is -2.41. The van der Waals surface area contributed by atoms with E-state index < -0.39 is 41.6 Å². The van der Waals surface area contributed by atoms with Crippen LogP contribution in [-0.2, 0) is 11.4 Å². The molecule has 1 aliphatic heterocycles. The lowest BCUT2D eigenvalue weighted by molar-refractivity contribution is -0.141. The molecule has 0 spiro atoms. The van der Waals surface area contributed by atoms with E-state index in [1.54, 1.807) is 18.2 Å². The van der Waals surface area contributed by atoms with E-state index in [2.05, 4.69) is 16.8 Å². The number of hydrogen-bond donors (Lipinski definition) is 2.